The van der Waals surface area contributed by atoms with Gasteiger partial charge in [0.25, 0.3) is 0 Å². The number of likely N-dealkylation sites (N-methyl/N-ethyl adjacent to an activating group) is 1. The molecule has 3 aromatic rings. The first kappa shape index (κ1) is 23.4. The van der Waals surface area contributed by atoms with Gasteiger partial charge < -0.3 is 29.5 Å². The Morgan fingerprint density at radius 1 is 1.12 bits per heavy atom. The molecule has 1 saturated heterocycles. The zero-order valence-electron chi connectivity index (χ0n) is 18.5. The maximum atomic E-state index is 13.0. The second kappa shape index (κ2) is 9.21. The van der Waals surface area contributed by atoms with Crippen molar-refractivity contribution in [2.24, 2.45) is 7.05 Å². The van der Waals surface area contributed by atoms with Crippen LogP contribution in [0.1, 0.15) is 10.4 Å². The van der Waals surface area contributed by atoms with Crippen molar-refractivity contribution >= 4 is 23.3 Å². The van der Waals surface area contributed by atoms with E-state index in [4.69, 9.17) is 0 Å². The Morgan fingerprint density at radius 2 is 1.85 bits per heavy atom. The fourth-order valence-corrected chi connectivity index (χ4v) is 3.71. The fraction of sp³-hybridized carbons (Fsp3) is 0.318. The summed E-state index contributed by atoms with van der Waals surface area (Å²) in [5.74, 6) is -1.45. The van der Waals surface area contributed by atoms with E-state index in [1.54, 1.807) is 29.8 Å². The van der Waals surface area contributed by atoms with E-state index in [2.05, 4.69) is 29.8 Å². The lowest BCUT2D eigenvalue weighted by molar-refractivity contribution is -0.274. The van der Waals surface area contributed by atoms with Crippen LogP contribution in [0.15, 0.2) is 42.7 Å². The topological polar surface area (TPSA) is 95.8 Å². The van der Waals surface area contributed by atoms with Gasteiger partial charge in [0, 0.05) is 51.3 Å². The molecule has 0 aliphatic carbocycles. The highest BCUT2D eigenvalue weighted by atomic mass is 19.4. The van der Waals surface area contributed by atoms with Gasteiger partial charge >= 0.3 is 12.3 Å². The predicted molar refractivity (Wildman–Crippen MR) is 120 cm³/mol. The second-order valence-electron chi connectivity index (χ2n) is 7.94. The summed E-state index contributed by atoms with van der Waals surface area (Å²) in [7, 11) is 3.69. The zero-order chi connectivity index (χ0) is 24.5. The number of aromatic nitrogens is 3. The van der Waals surface area contributed by atoms with Crippen molar-refractivity contribution in [3.63, 3.8) is 0 Å². The quantitative estimate of drug-likeness (QED) is 0.558. The van der Waals surface area contributed by atoms with Crippen LogP contribution in [0.25, 0.3) is 11.4 Å². The number of anilines is 3. The third kappa shape index (κ3) is 5.39. The number of aromatic carboxylic acids is 1. The van der Waals surface area contributed by atoms with Gasteiger partial charge in [-0.1, -0.05) is 0 Å². The second-order valence-corrected chi connectivity index (χ2v) is 7.94. The molecule has 2 N–H and O–H groups in total. The molecule has 3 heterocycles. The van der Waals surface area contributed by atoms with Crippen LogP contribution in [0.4, 0.5) is 30.5 Å². The van der Waals surface area contributed by atoms with Crippen LogP contribution in [-0.4, -0.2) is 70.1 Å². The SMILES string of the molecule is CN1CCN(c2ccc(OC(F)(F)F)c(Nc3nccc(-c4cc(C(=O)O)cn4C)n3)c2)CC1. The molecule has 0 unspecified atom stereocenters. The zero-order valence-corrected chi connectivity index (χ0v) is 18.5. The van der Waals surface area contributed by atoms with Gasteiger partial charge in [-0.3, -0.25) is 0 Å². The molecule has 12 heteroatoms. The van der Waals surface area contributed by atoms with Gasteiger partial charge in [0.05, 0.1) is 22.6 Å². The van der Waals surface area contributed by atoms with E-state index in [1.165, 1.54) is 24.5 Å². The Balaban J connectivity index is 1.66. The molecule has 4 rings (SSSR count). The van der Waals surface area contributed by atoms with E-state index in [0.717, 1.165) is 31.9 Å². The van der Waals surface area contributed by atoms with E-state index >= 15 is 0 Å². The van der Waals surface area contributed by atoms with Crippen LogP contribution in [-0.2, 0) is 7.05 Å². The molecule has 1 aliphatic heterocycles. The number of carboxylic acids is 1. The number of piperazine rings is 1. The molecule has 1 aromatic carbocycles. The molecule has 34 heavy (non-hydrogen) atoms. The summed E-state index contributed by atoms with van der Waals surface area (Å²) in [5, 5.41) is 12.1. The summed E-state index contributed by atoms with van der Waals surface area (Å²) in [4.78, 5) is 24.0. The largest absolute Gasteiger partial charge is 0.573 e. The van der Waals surface area contributed by atoms with Crippen molar-refractivity contribution in [2.45, 2.75) is 6.36 Å². The van der Waals surface area contributed by atoms with E-state index in [1.807, 2.05) is 7.05 Å². The van der Waals surface area contributed by atoms with Crippen LogP contribution < -0.4 is 15.0 Å². The lowest BCUT2D eigenvalue weighted by Gasteiger charge is -2.34. The number of ether oxygens (including phenoxy) is 1. The van der Waals surface area contributed by atoms with Gasteiger partial charge in [-0.15, -0.1) is 13.2 Å². The monoisotopic (exact) mass is 476 g/mol. The van der Waals surface area contributed by atoms with Crippen molar-refractivity contribution < 1.29 is 27.8 Å². The Morgan fingerprint density at radius 3 is 2.50 bits per heavy atom. The first-order chi connectivity index (χ1) is 16.1. The molecule has 180 valence electrons. The molecule has 9 nitrogen and oxygen atoms in total. The van der Waals surface area contributed by atoms with Gasteiger partial charge in [-0.05, 0) is 37.4 Å². The Kier molecular flexibility index (Phi) is 6.33. The first-order valence-electron chi connectivity index (χ1n) is 10.4. The third-order valence-electron chi connectivity index (χ3n) is 5.47. The molecule has 0 spiro atoms. The Hall–Kier alpha value is -3.80. The molecule has 2 aromatic heterocycles. The van der Waals surface area contributed by atoms with Crippen LogP contribution in [0.3, 0.4) is 0 Å². The number of alkyl halides is 3. The van der Waals surface area contributed by atoms with Gasteiger partial charge in [0.15, 0.2) is 5.75 Å². The van der Waals surface area contributed by atoms with Crippen molar-refractivity contribution in [3.8, 4) is 17.1 Å². The highest BCUT2D eigenvalue weighted by Crippen LogP contribution is 2.35. The molecular weight excluding hydrogens is 453 g/mol. The summed E-state index contributed by atoms with van der Waals surface area (Å²) in [6.45, 7) is 3.15. The minimum absolute atomic E-state index is 0.0399. The van der Waals surface area contributed by atoms with Crippen LogP contribution >= 0.6 is 0 Å². The summed E-state index contributed by atoms with van der Waals surface area (Å²) in [5.41, 5.74) is 1.81. The van der Waals surface area contributed by atoms with Crippen LogP contribution in [0, 0.1) is 0 Å². The van der Waals surface area contributed by atoms with Crippen molar-refractivity contribution in [2.75, 3.05) is 43.4 Å². The van der Waals surface area contributed by atoms with Crippen molar-refractivity contribution in [1.29, 1.82) is 0 Å². The Bertz CT molecular complexity index is 1190. The van der Waals surface area contributed by atoms with E-state index in [0.29, 0.717) is 11.4 Å². The molecular formula is C22H23F3N6O3. The van der Waals surface area contributed by atoms with Crippen LogP contribution in [0.5, 0.6) is 5.75 Å². The fourth-order valence-electron chi connectivity index (χ4n) is 3.71. The summed E-state index contributed by atoms with van der Waals surface area (Å²) in [6, 6.07) is 7.48. The molecule has 0 saturated carbocycles. The molecule has 0 amide bonds. The lowest BCUT2D eigenvalue weighted by Crippen LogP contribution is -2.44. The lowest BCUT2D eigenvalue weighted by atomic mass is 10.2. The smallest absolute Gasteiger partial charge is 0.478 e. The number of rotatable bonds is 6. The summed E-state index contributed by atoms with van der Waals surface area (Å²) >= 11 is 0. The van der Waals surface area contributed by atoms with Crippen LogP contribution in [0.2, 0.25) is 0 Å². The number of carbonyl (C=O) groups is 1. The number of nitrogens with zero attached hydrogens (tertiary/aromatic N) is 5. The molecule has 0 atom stereocenters. The molecule has 0 radical (unpaired) electrons. The number of nitrogens with one attached hydrogen (secondary N) is 1. The average molecular weight is 476 g/mol. The number of aryl methyl sites for hydroxylation is 1. The highest BCUT2D eigenvalue weighted by Gasteiger charge is 2.32. The standard InChI is InChI=1S/C22H23F3N6O3/c1-29-7-9-31(10-8-29)15-3-4-19(34-22(23,24)25)17(12-15)28-21-26-6-5-16(27-21)18-11-14(20(32)33)13-30(18)2/h3-6,11-13H,7-10H2,1-2H3,(H,32,33)(H,26,27,28). The van der Waals surface area contributed by atoms with E-state index in [9.17, 15) is 23.1 Å². The molecule has 0 bridgehead atoms. The van der Waals surface area contributed by atoms with Gasteiger partial charge in [-0.25, -0.2) is 14.8 Å². The van der Waals surface area contributed by atoms with E-state index < -0.39 is 18.1 Å². The van der Waals surface area contributed by atoms with Crippen molar-refractivity contribution in [3.05, 3.63) is 48.3 Å². The number of hydrogen-bond donors (Lipinski definition) is 2. The predicted octanol–water partition coefficient (Wildman–Crippen LogP) is 3.57. The first-order valence-corrected chi connectivity index (χ1v) is 10.4. The van der Waals surface area contributed by atoms with Crippen molar-refractivity contribution in [1.82, 2.24) is 19.4 Å². The van der Waals surface area contributed by atoms with Gasteiger partial charge in [-0.2, -0.15) is 0 Å². The number of carboxylic acid groups (broad SMARTS) is 1. The summed E-state index contributed by atoms with van der Waals surface area (Å²) < 4.78 is 44.8. The number of hydrogen-bond acceptors (Lipinski definition) is 7. The molecule has 1 fully saturated rings. The summed E-state index contributed by atoms with van der Waals surface area (Å²) in [6.07, 6.45) is -1.99. The highest BCUT2D eigenvalue weighted by molar-refractivity contribution is 5.89. The van der Waals surface area contributed by atoms with Gasteiger partial charge in [0.1, 0.15) is 0 Å². The van der Waals surface area contributed by atoms with E-state index in [-0.39, 0.29) is 17.2 Å². The minimum Gasteiger partial charge on any atom is -0.478 e. The maximum absolute atomic E-state index is 13.0. The normalized spacial score (nSPS) is 14.8. The third-order valence-corrected chi connectivity index (χ3v) is 5.47. The number of benzene rings is 1. The average Bonchev–Trinajstić information content (AvgIpc) is 3.17. The Labute approximate surface area is 193 Å². The molecule has 1 aliphatic rings. The van der Waals surface area contributed by atoms with Gasteiger partial charge in [0.2, 0.25) is 5.95 Å². The minimum atomic E-state index is -4.87. The number of halogens is 3. The maximum Gasteiger partial charge on any atom is 0.573 e.